The zero-order valence-electron chi connectivity index (χ0n) is 18.0. The molecule has 1 amide bonds. The number of piperazine rings is 1. The molecule has 0 saturated carbocycles. The number of phenolic OH excluding ortho intramolecular Hbond substituents is 1. The Bertz CT molecular complexity index is 919. The van der Waals surface area contributed by atoms with Crippen molar-refractivity contribution in [3.63, 3.8) is 0 Å². The van der Waals surface area contributed by atoms with E-state index in [9.17, 15) is 9.90 Å². The lowest BCUT2D eigenvalue weighted by molar-refractivity contribution is -0.146. The van der Waals surface area contributed by atoms with Gasteiger partial charge in [-0.3, -0.25) is 4.79 Å². The van der Waals surface area contributed by atoms with Gasteiger partial charge in [-0.1, -0.05) is 12.1 Å². The van der Waals surface area contributed by atoms with Crippen molar-refractivity contribution in [3.8, 4) is 17.0 Å². The van der Waals surface area contributed by atoms with Gasteiger partial charge in [0, 0.05) is 43.9 Å². The number of benzene rings is 1. The average molecular weight is 427 g/mol. The second-order valence-electron chi connectivity index (χ2n) is 8.05. The maximum atomic E-state index is 13.2. The van der Waals surface area contributed by atoms with E-state index in [1.165, 1.54) is 0 Å². The summed E-state index contributed by atoms with van der Waals surface area (Å²) in [5.41, 5.74) is 8.15. The SMILES string of the molecule is CCO[C@H](CNC)C(=O)N1C2CCC1CN(c1cc(-c3ccccc3O)nnc1N)C2. The summed E-state index contributed by atoms with van der Waals surface area (Å²) in [6.07, 6.45) is 1.44. The van der Waals surface area contributed by atoms with E-state index in [1.807, 2.05) is 31.0 Å². The third kappa shape index (κ3) is 4.15. The van der Waals surface area contributed by atoms with Crippen LogP contribution in [0.25, 0.3) is 11.3 Å². The van der Waals surface area contributed by atoms with Crippen LogP contribution in [-0.2, 0) is 9.53 Å². The number of nitrogens with two attached hydrogens (primary N) is 1. The monoisotopic (exact) mass is 426 g/mol. The van der Waals surface area contributed by atoms with Crippen molar-refractivity contribution >= 4 is 17.4 Å². The van der Waals surface area contributed by atoms with E-state index in [0.29, 0.717) is 43.3 Å². The van der Waals surface area contributed by atoms with Gasteiger partial charge in [0.15, 0.2) is 5.82 Å². The molecule has 166 valence electrons. The molecule has 0 radical (unpaired) electrons. The van der Waals surface area contributed by atoms with Crippen LogP contribution < -0.4 is 16.0 Å². The first-order valence-electron chi connectivity index (χ1n) is 10.8. The van der Waals surface area contributed by atoms with Crippen LogP contribution in [0.5, 0.6) is 5.75 Å². The van der Waals surface area contributed by atoms with E-state index in [4.69, 9.17) is 10.5 Å². The lowest BCUT2D eigenvalue weighted by Gasteiger charge is -2.43. The molecule has 0 aliphatic carbocycles. The average Bonchev–Trinajstić information content (AvgIpc) is 3.03. The number of ether oxygens (including phenoxy) is 1. The van der Waals surface area contributed by atoms with Crippen molar-refractivity contribution in [2.45, 2.75) is 38.0 Å². The van der Waals surface area contributed by atoms with Crippen LogP contribution in [0.4, 0.5) is 11.5 Å². The van der Waals surface area contributed by atoms with Gasteiger partial charge in [-0.2, -0.15) is 0 Å². The molecular weight excluding hydrogens is 396 g/mol. The van der Waals surface area contributed by atoms with Crippen LogP contribution in [0, 0.1) is 0 Å². The number of nitrogen functional groups attached to an aromatic ring is 1. The smallest absolute Gasteiger partial charge is 0.253 e. The first kappa shape index (κ1) is 21.3. The van der Waals surface area contributed by atoms with Crippen molar-refractivity contribution in [2.75, 3.05) is 43.9 Å². The van der Waals surface area contributed by atoms with Crippen molar-refractivity contribution in [2.24, 2.45) is 0 Å². The molecule has 0 spiro atoms. The molecule has 4 rings (SSSR count). The van der Waals surface area contributed by atoms with Gasteiger partial charge in [0.1, 0.15) is 11.9 Å². The van der Waals surface area contributed by atoms with E-state index in [1.54, 1.807) is 18.2 Å². The third-order valence-corrected chi connectivity index (χ3v) is 6.09. The van der Waals surface area contributed by atoms with Crippen LogP contribution >= 0.6 is 0 Å². The van der Waals surface area contributed by atoms with Gasteiger partial charge < -0.3 is 30.7 Å². The van der Waals surface area contributed by atoms with Gasteiger partial charge in [-0.05, 0) is 45.0 Å². The number of carbonyl (C=O) groups excluding carboxylic acids is 1. The number of para-hydroxylation sites is 1. The number of aromatic hydroxyl groups is 1. The second-order valence-corrected chi connectivity index (χ2v) is 8.05. The number of carbonyl (C=O) groups is 1. The van der Waals surface area contributed by atoms with Gasteiger partial charge in [0.25, 0.3) is 5.91 Å². The number of phenols is 1. The number of nitrogens with zero attached hydrogens (tertiary/aromatic N) is 4. The van der Waals surface area contributed by atoms with Crippen molar-refractivity contribution in [1.29, 1.82) is 0 Å². The highest BCUT2D eigenvalue weighted by atomic mass is 16.5. The molecule has 1 aromatic heterocycles. The Morgan fingerprint density at radius 1 is 1.29 bits per heavy atom. The molecule has 2 aromatic rings. The molecule has 9 heteroatoms. The molecule has 2 aliphatic heterocycles. The van der Waals surface area contributed by atoms with Crippen LogP contribution in [0.1, 0.15) is 19.8 Å². The number of likely N-dealkylation sites (N-methyl/N-ethyl adjacent to an activating group) is 1. The molecular formula is C22H30N6O3. The minimum atomic E-state index is -0.468. The van der Waals surface area contributed by atoms with E-state index < -0.39 is 6.10 Å². The standard InChI is InChI=1S/C22H30N6O3/c1-3-31-20(11-24-2)22(30)28-14-8-9-15(28)13-27(12-14)18-10-17(25-26-21(18)23)16-6-4-5-7-19(16)29/h4-7,10,14-15,20,24,29H,3,8-9,11-13H2,1-2H3,(H2,23,26)/t14?,15?,20-/m1/s1. The number of hydrogen-bond acceptors (Lipinski definition) is 8. The highest BCUT2D eigenvalue weighted by Gasteiger charge is 2.45. The Hall–Kier alpha value is -2.91. The molecule has 2 bridgehead atoms. The summed E-state index contributed by atoms with van der Waals surface area (Å²) < 4.78 is 5.70. The van der Waals surface area contributed by atoms with E-state index in [2.05, 4.69) is 20.4 Å². The fourth-order valence-corrected chi connectivity index (χ4v) is 4.70. The van der Waals surface area contributed by atoms with Crippen LogP contribution in [-0.4, -0.2) is 77.6 Å². The summed E-state index contributed by atoms with van der Waals surface area (Å²) in [4.78, 5) is 17.4. The number of aromatic nitrogens is 2. The topological polar surface area (TPSA) is 117 Å². The van der Waals surface area contributed by atoms with Gasteiger partial charge >= 0.3 is 0 Å². The van der Waals surface area contributed by atoms with E-state index in [-0.39, 0.29) is 23.7 Å². The zero-order valence-corrected chi connectivity index (χ0v) is 18.0. The minimum Gasteiger partial charge on any atom is -0.507 e. The molecule has 2 saturated heterocycles. The molecule has 2 aliphatic rings. The predicted octanol–water partition coefficient (Wildman–Crippen LogP) is 1.24. The summed E-state index contributed by atoms with van der Waals surface area (Å²) in [7, 11) is 1.83. The van der Waals surface area contributed by atoms with Gasteiger partial charge in [-0.15, -0.1) is 10.2 Å². The molecule has 31 heavy (non-hydrogen) atoms. The van der Waals surface area contributed by atoms with Gasteiger partial charge in [0.05, 0.1) is 11.4 Å². The summed E-state index contributed by atoms with van der Waals surface area (Å²) >= 11 is 0. The largest absolute Gasteiger partial charge is 0.507 e. The fourth-order valence-electron chi connectivity index (χ4n) is 4.70. The lowest BCUT2D eigenvalue weighted by atomic mass is 10.1. The summed E-state index contributed by atoms with van der Waals surface area (Å²) in [6.45, 7) is 4.26. The second kappa shape index (κ2) is 9.07. The Morgan fingerprint density at radius 2 is 2.00 bits per heavy atom. The van der Waals surface area contributed by atoms with Gasteiger partial charge in [-0.25, -0.2) is 0 Å². The maximum Gasteiger partial charge on any atom is 0.253 e. The Labute approximate surface area is 182 Å². The molecule has 4 N–H and O–H groups in total. The number of anilines is 2. The molecule has 3 atom stereocenters. The molecule has 2 fully saturated rings. The molecule has 9 nitrogen and oxygen atoms in total. The zero-order chi connectivity index (χ0) is 22.0. The number of amides is 1. The highest BCUT2D eigenvalue weighted by molar-refractivity contribution is 5.83. The fraction of sp³-hybridized carbons (Fsp3) is 0.500. The van der Waals surface area contributed by atoms with Crippen LogP contribution in [0.3, 0.4) is 0 Å². The number of hydrogen-bond donors (Lipinski definition) is 3. The van der Waals surface area contributed by atoms with E-state index in [0.717, 1.165) is 18.5 Å². The summed E-state index contributed by atoms with van der Waals surface area (Å²) in [6, 6.07) is 9.12. The predicted molar refractivity (Wildman–Crippen MR) is 119 cm³/mol. The molecule has 3 heterocycles. The first-order valence-corrected chi connectivity index (χ1v) is 10.8. The Morgan fingerprint density at radius 3 is 2.65 bits per heavy atom. The van der Waals surface area contributed by atoms with Crippen LogP contribution in [0.2, 0.25) is 0 Å². The minimum absolute atomic E-state index is 0.0547. The molecule has 2 unspecified atom stereocenters. The third-order valence-electron chi connectivity index (χ3n) is 6.09. The molecule has 1 aromatic carbocycles. The van der Waals surface area contributed by atoms with Crippen molar-refractivity contribution in [1.82, 2.24) is 20.4 Å². The number of nitrogens with one attached hydrogen (secondary N) is 1. The van der Waals surface area contributed by atoms with Crippen LogP contribution in [0.15, 0.2) is 30.3 Å². The van der Waals surface area contributed by atoms with Crippen molar-refractivity contribution < 1.29 is 14.6 Å². The summed E-state index contributed by atoms with van der Waals surface area (Å²) in [5, 5.41) is 21.6. The number of fused-ring (bicyclic) bond motifs is 2. The van der Waals surface area contributed by atoms with E-state index >= 15 is 0 Å². The maximum absolute atomic E-state index is 13.2. The van der Waals surface area contributed by atoms with Gasteiger partial charge in [0.2, 0.25) is 0 Å². The quantitative estimate of drug-likeness (QED) is 0.605. The lowest BCUT2D eigenvalue weighted by Crippen LogP contribution is -2.59. The first-order chi connectivity index (χ1) is 15.0. The highest BCUT2D eigenvalue weighted by Crippen LogP contribution is 2.37. The summed E-state index contributed by atoms with van der Waals surface area (Å²) in [5.74, 6) is 0.550. The normalized spacial score (nSPS) is 21.4. The Balaban J connectivity index is 1.56. The van der Waals surface area contributed by atoms with Crippen molar-refractivity contribution in [3.05, 3.63) is 30.3 Å². The number of rotatable bonds is 7. The Kier molecular flexibility index (Phi) is 6.24.